The molecular formula is C12H23FN2O2. The van der Waals surface area contributed by atoms with Gasteiger partial charge in [0.25, 0.3) is 0 Å². The highest BCUT2D eigenvalue weighted by Crippen LogP contribution is 2.24. The topological polar surface area (TPSA) is 43.8 Å². The second kappa shape index (κ2) is 5.67. The smallest absolute Gasteiger partial charge is 0.408 e. The minimum absolute atomic E-state index is 0.0344. The van der Waals surface area contributed by atoms with Crippen LogP contribution < -0.4 is 0 Å². The van der Waals surface area contributed by atoms with Crippen LogP contribution in [0, 0.1) is 0 Å². The first-order valence-corrected chi connectivity index (χ1v) is 6.17. The van der Waals surface area contributed by atoms with Crippen LogP contribution in [0.4, 0.5) is 9.18 Å². The van der Waals surface area contributed by atoms with Gasteiger partial charge in [-0.15, -0.1) is 0 Å². The Morgan fingerprint density at radius 2 is 2.18 bits per heavy atom. The number of alkyl halides is 1. The van der Waals surface area contributed by atoms with Crippen molar-refractivity contribution < 1.29 is 14.3 Å². The van der Waals surface area contributed by atoms with Gasteiger partial charge in [-0.25, -0.2) is 4.79 Å². The number of halogens is 1. The molecule has 1 aliphatic heterocycles. The Labute approximate surface area is 102 Å². The molecule has 0 radical (unpaired) electrons. The normalized spacial score (nSPS) is 21.8. The Kier molecular flexibility index (Phi) is 4.74. The summed E-state index contributed by atoms with van der Waals surface area (Å²) in [7, 11) is 0. The highest BCUT2D eigenvalue weighted by Gasteiger charge is 2.36. The standard InChI is InChI=1S/C12H23FN2O2/c1-12(2,3)15(11(16)17)10-5-8-14(9-10)7-4-6-13/h10H,4-9H2,1-3H3,(H,16,17)/t10-/m0/s1. The zero-order chi connectivity index (χ0) is 13.1. The van der Waals surface area contributed by atoms with Gasteiger partial charge in [0.2, 0.25) is 0 Å². The zero-order valence-corrected chi connectivity index (χ0v) is 10.9. The monoisotopic (exact) mass is 246 g/mol. The van der Waals surface area contributed by atoms with E-state index in [0.717, 1.165) is 26.1 Å². The van der Waals surface area contributed by atoms with Gasteiger partial charge in [-0.3, -0.25) is 9.29 Å². The molecule has 1 rings (SSSR count). The molecule has 0 saturated carbocycles. The van der Waals surface area contributed by atoms with E-state index in [-0.39, 0.29) is 18.3 Å². The van der Waals surface area contributed by atoms with Crippen molar-refractivity contribution in [3.8, 4) is 0 Å². The summed E-state index contributed by atoms with van der Waals surface area (Å²) in [5.41, 5.74) is -0.382. The summed E-state index contributed by atoms with van der Waals surface area (Å²) < 4.78 is 12.1. The van der Waals surface area contributed by atoms with Crippen LogP contribution in [-0.2, 0) is 0 Å². The van der Waals surface area contributed by atoms with E-state index in [4.69, 9.17) is 0 Å². The predicted molar refractivity (Wildman–Crippen MR) is 65.1 cm³/mol. The van der Waals surface area contributed by atoms with Crippen molar-refractivity contribution in [2.24, 2.45) is 0 Å². The lowest BCUT2D eigenvalue weighted by molar-refractivity contribution is 0.0720. The van der Waals surface area contributed by atoms with E-state index in [2.05, 4.69) is 4.90 Å². The van der Waals surface area contributed by atoms with E-state index in [9.17, 15) is 14.3 Å². The number of likely N-dealkylation sites (tertiary alicyclic amines) is 1. The van der Waals surface area contributed by atoms with E-state index >= 15 is 0 Å². The van der Waals surface area contributed by atoms with Gasteiger partial charge in [-0.2, -0.15) is 0 Å². The van der Waals surface area contributed by atoms with Crippen LogP contribution in [0.3, 0.4) is 0 Å². The molecular weight excluding hydrogens is 223 g/mol. The van der Waals surface area contributed by atoms with Gasteiger partial charge in [0.15, 0.2) is 0 Å². The first-order chi connectivity index (χ1) is 7.86. The van der Waals surface area contributed by atoms with Gasteiger partial charge in [0, 0.05) is 31.2 Å². The number of hydrogen-bond donors (Lipinski definition) is 1. The molecule has 0 aromatic heterocycles. The van der Waals surface area contributed by atoms with Crippen molar-refractivity contribution in [3.63, 3.8) is 0 Å². The molecule has 1 amide bonds. The highest BCUT2D eigenvalue weighted by atomic mass is 19.1. The Morgan fingerprint density at radius 3 is 2.65 bits per heavy atom. The summed E-state index contributed by atoms with van der Waals surface area (Å²) in [6.45, 7) is 7.74. The molecule has 17 heavy (non-hydrogen) atoms. The zero-order valence-electron chi connectivity index (χ0n) is 10.9. The molecule has 1 atom stereocenters. The minimum Gasteiger partial charge on any atom is -0.465 e. The second-order valence-electron chi connectivity index (χ2n) is 5.61. The Morgan fingerprint density at radius 1 is 1.53 bits per heavy atom. The van der Waals surface area contributed by atoms with E-state index in [1.54, 1.807) is 0 Å². The summed E-state index contributed by atoms with van der Waals surface area (Å²) >= 11 is 0. The molecule has 0 aromatic rings. The van der Waals surface area contributed by atoms with E-state index in [1.165, 1.54) is 4.90 Å². The first kappa shape index (κ1) is 14.2. The summed E-state index contributed by atoms with van der Waals surface area (Å²) in [6, 6.07) is 0.0344. The van der Waals surface area contributed by atoms with Crippen LogP contribution in [-0.4, -0.2) is 58.9 Å². The Bertz CT molecular complexity index is 266. The lowest BCUT2D eigenvalue weighted by Crippen LogP contribution is -2.52. The molecule has 1 aliphatic rings. The maximum Gasteiger partial charge on any atom is 0.408 e. The van der Waals surface area contributed by atoms with Crippen LogP contribution >= 0.6 is 0 Å². The number of carboxylic acid groups (broad SMARTS) is 1. The van der Waals surface area contributed by atoms with Gasteiger partial charge < -0.3 is 10.0 Å². The van der Waals surface area contributed by atoms with Crippen LogP contribution in [0.15, 0.2) is 0 Å². The third kappa shape index (κ3) is 3.84. The molecule has 4 nitrogen and oxygen atoms in total. The average molecular weight is 246 g/mol. The van der Waals surface area contributed by atoms with Crippen molar-refractivity contribution in [1.82, 2.24) is 9.80 Å². The van der Waals surface area contributed by atoms with Crippen molar-refractivity contribution in [2.75, 3.05) is 26.3 Å². The number of rotatable bonds is 4. The fourth-order valence-corrected chi connectivity index (χ4v) is 2.50. The quantitative estimate of drug-likeness (QED) is 0.827. The third-order valence-corrected chi connectivity index (χ3v) is 3.15. The lowest BCUT2D eigenvalue weighted by Gasteiger charge is -2.38. The fourth-order valence-electron chi connectivity index (χ4n) is 2.50. The van der Waals surface area contributed by atoms with Gasteiger partial charge in [-0.05, 0) is 33.6 Å². The Hall–Kier alpha value is -0.840. The van der Waals surface area contributed by atoms with Crippen LogP contribution in [0.5, 0.6) is 0 Å². The van der Waals surface area contributed by atoms with E-state index in [1.807, 2.05) is 20.8 Å². The number of hydrogen-bond acceptors (Lipinski definition) is 2. The molecule has 0 aliphatic carbocycles. The molecule has 0 unspecified atom stereocenters. The molecule has 0 spiro atoms. The lowest BCUT2D eigenvalue weighted by atomic mass is 10.0. The van der Waals surface area contributed by atoms with Crippen molar-refractivity contribution in [2.45, 2.75) is 45.2 Å². The fraction of sp³-hybridized carbons (Fsp3) is 0.917. The maximum absolute atomic E-state index is 12.1. The molecule has 1 N–H and O–H groups in total. The molecule has 5 heteroatoms. The molecule has 0 aromatic carbocycles. The summed E-state index contributed by atoms with van der Waals surface area (Å²) in [4.78, 5) is 15.0. The number of amides is 1. The van der Waals surface area contributed by atoms with Crippen molar-refractivity contribution in [1.29, 1.82) is 0 Å². The summed E-state index contributed by atoms with van der Waals surface area (Å²) in [5.74, 6) is 0. The first-order valence-electron chi connectivity index (χ1n) is 6.17. The van der Waals surface area contributed by atoms with E-state index < -0.39 is 6.09 Å². The Balaban J connectivity index is 2.58. The molecule has 1 heterocycles. The van der Waals surface area contributed by atoms with Crippen molar-refractivity contribution >= 4 is 6.09 Å². The van der Waals surface area contributed by atoms with Crippen LogP contribution in [0.25, 0.3) is 0 Å². The molecule has 0 bridgehead atoms. The third-order valence-electron chi connectivity index (χ3n) is 3.15. The number of carbonyl (C=O) groups is 1. The average Bonchev–Trinajstić information content (AvgIpc) is 2.60. The molecule has 100 valence electrons. The van der Waals surface area contributed by atoms with E-state index in [0.29, 0.717) is 6.42 Å². The number of nitrogens with zero attached hydrogens (tertiary/aromatic N) is 2. The minimum atomic E-state index is -0.866. The van der Waals surface area contributed by atoms with Gasteiger partial charge in [-0.1, -0.05) is 0 Å². The van der Waals surface area contributed by atoms with Gasteiger partial charge in [0.1, 0.15) is 0 Å². The highest BCUT2D eigenvalue weighted by molar-refractivity contribution is 5.66. The second-order valence-corrected chi connectivity index (χ2v) is 5.61. The van der Waals surface area contributed by atoms with Gasteiger partial charge >= 0.3 is 6.09 Å². The predicted octanol–water partition coefficient (Wildman–Crippen LogP) is 2.20. The molecule has 1 fully saturated rings. The SMILES string of the molecule is CC(C)(C)N(C(=O)O)[C@H]1CCN(CCCF)C1. The van der Waals surface area contributed by atoms with Crippen molar-refractivity contribution in [3.05, 3.63) is 0 Å². The summed E-state index contributed by atoms with van der Waals surface area (Å²) in [6.07, 6.45) is 0.514. The molecule has 1 saturated heterocycles. The van der Waals surface area contributed by atoms with Crippen LogP contribution in [0.1, 0.15) is 33.6 Å². The maximum atomic E-state index is 12.1. The summed E-state index contributed by atoms with van der Waals surface area (Å²) in [5, 5.41) is 9.28. The largest absolute Gasteiger partial charge is 0.465 e. The van der Waals surface area contributed by atoms with Gasteiger partial charge in [0.05, 0.1) is 6.67 Å². The van der Waals surface area contributed by atoms with Crippen LogP contribution in [0.2, 0.25) is 0 Å².